The number of ether oxygens (including phenoxy) is 2. The van der Waals surface area contributed by atoms with E-state index in [1.165, 1.54) is 12.3 Å². The predicted molar refractivity (Wildman–Crippen MR) is 126 cm³/mol. The van der Waals surface area contributed by atoms with Crippen molar-refractivity contribution in [1.29, 1.82) is 0 Å². The first-order valence-electron chi connectivity index (χ1n) is 11.6. The Labute approximate surface area is 215 Å². The van der Waals surface area contributed by atoms with Crippen molar-refractivity contribution in [2.24, 2.45) is 0 Å². The highest BCUT2D eigenvalue weighted by Gasteiger charge is 2.42. The molecular formula is C24H28F5N5O4. The molecule has 2 aromatic heterocycles. The van der Waals surface area contributed by atoms with Crippen LogP contribution in [0.5, 0.6) is 5.75 Å². The number of alkyl halides is 5. The topological polar surface area (TPSA) is 106 Å². The SMILES string of the molecule is Cc1cnc(Nc2cc(OC(F)(F)F)ccn2)cc1C(=O)N1CC(F)(F)CC[C@@H]1CNC(=O)OC(C)(C)C. The third-order valence-corrected chi connectivity index (χ3v) is 5.38. The molecule has 9 nitrogen and oxygen atoms in total. The summed E-state index contributed by atoms with van der Waals surface area (Å²) < 4.78 is 75.2. The average Bonchev–Trinajstić information content (AvgIpc) is 2.76. The Hall–Kier alpha value is -3.71. The number of nitrogens with one attached hydrogen (secondary N) is 2. The minimum Gasteiger partial charge on any atom is -0.444 e. The molecule has 0 aliphatic carbocycles. The van der Waals surface area contributed by atoms with Gasteiger partial charge in [0.1, 0.15) is 23.0 Å². The molecule has 0 aromatic carbocycles. The quantitative estimate of drug-likeness (QED) is 0.481. The van der Waals surface area contributed by atoms with Crippen molar-refractivity contribution < 1.29 is 41.0 Å². The summed E-state index contributed by atoms with van der Waals surface area (Å²) in [6, 6.07) is 2.57. The van der Waals surface area contributed by atoms with Crippen LogP contribution in [0.15, 0.2) is 30.6 Å². The number of rotatable bonds is 6. The van der Waals surface area contributed by atoms with Gasteiger partial charge < -0.3 is 25.0 Å². The molecule has 0 unspecified atom stereocenters. The highest BCUT2D eigenvalue weighted by atomic mass is 19.4. The summed E-state index contributed by atoms with van der Waals surface area (Å²) in [6.45, 7) is 5.65. The van der Waals surface area contributed by atoms with Crippen LogP contribution >= 0.6 is 0 Å². The maximum absolute atomic E-state index is 14.3. The summed E-state index contributed by atoms with van der Waals surface area (Å²) in [6.07, 6.45) is -3.74. The molecule has 3 rings (SSSR count). The van der Waals surface area contributed by atoms with Crippen LogP contribution in [0.1, 0.15) is 49.5 Å². The van der Waals surface area contributed by atoms with Gasteiger partial charge in [-0.05, 0) is 51.8 Å². The Balaban J connectivity index is 1.80. The molecule has 0 bridgehead atoms. The van der Waals surface area contributed by atoms with Crippen molar-refractivity contribution in [3.63, 3.8) is 0 Å². The number of anilines is 2. The number of halogens is 5. The van der Waals surface area contributed by atoms with Gasteiger partial charge in [-0.1, -0.05) is 0 Å². The number of hydrogen-bond donors (Lipinski definition) is 2. The molecule has 2 N–H and O–H groups in total. The lowest BCUT2D eigenvalue weighted by Gasteiger charge is -2.39. The van der Waals surface area contributed by atoms with Gasteiger partial charge in [0, 0.05) is 43.0 Å². The molecule has 208 valence electrons. The molecule has 14 heteroatoms. The number of piperidine rings is 1. The lowest BCUT2D eigenvalue weighted by Crippen LogP contribution is -2.55. The highest BCUT2D eigenvalue weighted by Crippen LogP contribution is 2.32. The fraction of sp³-hybridized carbons (Fsp3) is 0.500. The monoisotopic (exact) mass is 545 g/mol. The molecule has 1 atom stereocenters. The molecule has 3 heterocycles. The molecule has 1 fully saturated rings. The average molecular weight is 546 g/mol. The summed E-state index contributed by atoms with van der Waals surface area (Å²) >= 11 is 0. The van der Waals surface area contributed by atoms with Crippen molar-refractivity contribution in [3.05, 3.63) is 41.7 Å². The van der Waals surface area contributed by atoms with Crippen molar-refractivity contribution in [1.82, 2.24) is 20.2 Å². The fourth-order valence-electron chi connectivity index (χ4n) is 3.74. The van der Waals surface area contributed by atoms with Gasteiger partial charge in [0.25, 0.3) is 11.8 Å². The third kappa shape index (κ3) is 8.42. The number of carbonyl (C=O) groups excluding carboxylic acids is 2. The smallest absolute Gasteiger partial charge is 0.444 e. The van der Waals surface area contributed by atoms with Gasteiger partial charge in [0.05, 0.1) is 6.54 Å². The first-order chi connectivity index (χ1) is 17.5. The van der Waals surface area contributed by atoms with E-state index in [2.05, 4.69) is 25.3 Å². The number of pyridine rings is 2. The Bertz CT molecular complexity index is 1170. The van der Waals surface area contributed by atoms with Gasteiger partial charge in [-0.15, -0.1) is 13.2 Å². The summed E-state index contributed by atoms with van der Waals surface area (Å²) in [7, 11) is 0. The number of likely N-dealkylation sites (tertiary alicyclic amines) is 1. The summed E-state index contributed by atoms with van der Waals surface area (Å²) in [5.41, 5.74) is -0.329. The minimum atomic E-state index is -4.90. The number of alkyl carbamates (subject to hydrolysis) is 1. The number of carbonyl (C=O) groups is 2. The second-order valence-electron chi connectivity index (χ2n) is 9.80. The van der Waals surface area contributed by atoms with Crippen LogP contribution in [0.4, 0.5) is 38.4 Å². The van der Waals surface area contributed by atoms with E-state index in [-0.39, 0.29) is 30.2 Å². The fourth-order valence-corrected chi connectivity index (χ4v) is 3.74. The zero-order valence-corrected chi connectivity index (χ0v) is 21.2. The Kier molecular flexibility index (Phi) is 8.32. The van der Waals surface area contributed by atoms with Crippen molar-refractivity contribution >= 4 is 23.6 Å². The summed E-state index contributed by atoms with van der Waals surface area (Å²) in [5, 5.41) is 5.21. The largest absolute Gasteiger partial charge is 0.573 e. The van der Waals surface area contributed by atoms with Gasteiger partial charge >= 0.3 is 12.5 Å². The molecule has 2 aromatic rings. The Morgan fingerprint density at radius 2 is 1.84 bits per heavy atom. The summed E-state index contributed by atoms with van der Waals surface area (Å²) in [5.74, 6) is -4.36. The molecule has 0 saturated carbocycles. The van der Waals surface area contributed by atoms with Crippen LogP contribution < -0.4 is 15.4 Å². The van der Waals surface area contributed by atoms with Gasteiger partial charge in [-0.25, -0.2) is 23.5 Å². The van der Waals surface area contributed by atoms with Gasteiger partial charge in [-0.3, -0.25) is 4.79 Å². The number of aromatic nitrogens is 2. The Morgan fingerprint density at radius 1 is 1.16 bits per heavy atom. The lowest BCUT2D eigenvalue weighted by atomic mass is 9.97. The molecule has 0 spiro atoms. The first-order valence-corrected chi connectivity index (χ1v) is 11.6. The molecule has 1 saturated heterocycles. The second-order valence-corrected chi connectivity index (χ2v) is 9.80. The molecule has 0 radical (unpaired) electrons. The van der Waals surface area contributed by atoms with E-state index < -0.39 is 54.6 Å². The van der Waals surface area contributed by atoms with E-state index in [9.17, 15) is 31.5 Å². The molecule has 38 heavy (non-hydrogen) atoms. The summed E-state index contributed by atoms with van der Waals surface area (Å²) in [4.78, 5) is 34.5. The maximum Gasteiger partial charge on any atom is 0.573 e. The van der Waals surface area contributed by atoms with Crippen LogP contribution in [-0.4, -0.2) is 63.9 Å². The molecule has 2 amide bonds. The van der Waals surface area contributed by atoms with E-state index in [0.717, 1.165) is 23.2 Å². The highest BCUT2D eigenvalue weighted by molar-refractivity contribution is 5.96. The molecule has 1 aliphatic heterocycles. The standard InChI is InChI=1S/C24H28F5N5O4/c1-14-11-31-19(33-18-9-16(6-8-30-18)37-24(27,28)29)10-17(14)20(35)34-13-23(25,26)7-5-15(34)12-32-21(36)38-22(2,3)4/h6,8-11,15H,5,7,12-13H2,1-4H3,(H,32,36)(H,30,31,33)/t15-/m1/s1. The lowest BCUT2D eigenvalue weighted by molar-refractivity contribution is -0.274. The van der Waals surface area contributed by atoms with E-state index in [1.54, 1.807) is 27.7 Å². The van der Waals surface area contributed by atoms with Crippen LogP contribution in [0.2, 0.25) is 0 Å². The Morgan fingerprint density at radius 3 is 2.50 bits per heavy atom. The maximum atomic E-state index is 14.3. The minimum absolute atomic E-state index is 0.0443. The van der Waals surface area contributed by atoms with Gasteiger partial charge in [0.2, 0.25) is 0 Å². The zero-order valence-electron chi connectivity index (χ0n) is 21.2. The van der Waals surface area contributed by atoms with Crippen LogP contribution in [0.25, 0.3) is 0 Å². The van der Waals surface area contributed by atoms with Gasteiger partial charge in [-0.2, -0.15) is 0 Å². The predicted octanol–water partition coefficient (Wildman–Crippen LogP) is 5.19. The van der Waals surface area contributed by atoms with E-state index in [0.29, 0.717) is 5.56 Å². The van der Waals surface area contributed by atoms with Crippen LogP contribution in [-0.2, 0) is 4.74 Å². The van der Waals surface area contributed by atoms with Crippen LogP contribution in [0, 0.1) is 6.92 Å². The van der Waals surface area contributed by atoms with Gasteiger partial charge in [0.15, 0.2) is 0 Å². The van der Waals surface area contributed by atoms with Crippen molar-refractivity contribution in [2.45, 2.75) is 64.5 Å². The molecular weight excluding hydrogens is 517 g/mol. The third-order valence-electron chi connectivity index (χ3n) is 5.38. The van der Waals surface area contributed by atoms with Crippen LogP contribution in [0.3, 0.4) is 0 Å². The number of nitrogens with zero attached hydrogens (tertiary/aromatic N) is 3. The number of aryl methyl sites for hydroxylation is 1. The molecule has 1 aliphatic rings. The van der Waals surface area contributed by atoms with Crippen molar-refractivity contribution in [3.8, 4) is 5.75 Å². The second kappa shape index (κ2) is 11.0. The van der Waals surface area contributed by atoms with E-state index in [1.807, 2.05) is 0 Å². The van der Waals surface area contributed by atoms with E-state index >= 15 is 0 Å². The zero-order chi connectivity index (χ0) is 28.3. The number of amides is 2. The van der Waals surface area contributed by atoms with Crippen molar-refractivity contribution in [2.75, 3.05) is 18.4 Å². The van der Waals surface area contributed by atoms with E-state index in [4.69, 9.17) is 4.74 Å². The normalized spacial score (nSPS) is 17.5. The first kappa shape index (κ1) is 28.9. The number of hydrogen-bond acceptors (Lipinski definition) is 7.